The van der Waals surface area contributed by atoms with Gasteiger partial charge in [-0.15, -0.1) is 0 Å². The average molecular weight is 617 g/mol. The van der Waals surface area contributed by atoms with Crippen molar-refractivity contribution >= 4 is 34.2 Å². The van der Waals surface area contributed by atoms with Gasteiger partial charge in [-0.1, -0.05) is 12.1 Å². The lowest BCUT2D eigenvalue weighted by Gasteiger charge is -2.36. The topological polar surface area (TPSA) is 140 Å². The quantitative estimate of drug-likeness (QED) is 0.200. The van der Waals surface area contributed by atoms with Crippen molar-refractivity contribution in [1.29, 1.82) is 0 Å². The Balaban J connectivity index is 1.18. The van der Waals surface area contributed by atoms with Gasteiger partial charge in [0.2, 0.25) is 5.43 Å². The van der Waals surface area contributed by atoms with Crippen molar-refractivity contribution in [2.75, 3.05) is 31.1 Å². The summed E-state index contributed by atoms with van der Waals surface area (Å²) in [5.74, 6) is -3.64. The second-order valence-electron chi connectivity index (χ2n) is 11.2. The van der Waals surface area contributed by atoms with Gasteiger partial charge in [0.25, 0.3) is 5.91 Å². The van der Waals surface area contributed by atoms with Crippen molar-refractivity contribution in [3.05, 3.63) is 99.1 Å². The minimum absolute atomic E-state index is 0.0183. The standard InChI is InChI=1S/C32H30F2N6O5/c1-18(36-37-31(43)19-7-9-35-10-8-19)22-4-2-3-20(29(22)41)16-38-11-13-39(14-12-38)28-25(33)15-23-27(26(28)34)40(21-5-6-21)17-24(30(23)42)32(44)45/h2-4,7-10,15,17,21,41H,5-6,11-14,16H2,1H3,(H,37,43)(H,44,45)/b36-18+. The number of pyridine rings is 2. The Hall–Kier alpha value is -5.17. The number of piperazine rings is 1. The number of nitrogens with one attached hydrogen (secondary N) is 1. The van der Waals surface area contributed by atoms with Crippen molar-refractivity contribution in [2.24, 2.45) is 5.10 Å². The van der Waals surface area contributed by atoms with Gasteiger partial charge < -0.3 is 19.7 Å². The minimum Gasteiger partial charge on any atom is -0.507 e. The van der Waals surface area contributed by atoms with Crippen molar-refractivity contribution in [1.82, 2.24) is 19.9 Å². The number of aromatic nitrogens is 2. The van der Waals surface area contributed by atoms with E-state index in [0.717, 1.165) is 12.3 Å². The molecular formula is C32H30F2N6O5. The Bertz CT molecular complexity index is 1900. The Morgan fingerprint density at radius 3 is 2.44 bits per heavy atom. The molecule has 1 saturated heterocycles. The first-order valence-electron chi connectivity index (χ1n) is 14.5. The van der Waals surface area contributed by atoms with Crippen molar-refractivity contribution in [3.63, 3.8) is 0 Å². The summed E-state index contributed by atoms with van der Waals surface area (Å²) < 4.78 is 32.9. The van der Waals surface area contributed by atoms with E-state index in [-0.39, 0.29) is 41.5 Å². The van der Waals surface area contributed by atoms with Crippen LogP contribution in [0.5, 0.6) is 5.75 Å². The number of halogens is 2. The number of para-hydroxylation sites is 1. The summed E-state index contributed by atoms with van der Waals surface area (Å²) in [4.78, 5) is 44.3. The highest BCUT2D eigenvalue weighted by molar-refractivity contribution is 6.03. The summed E-state index contributed by atoms with van der Waals surface area (Å²) >= 11 is 0. The SMILES string of the molecule is C/C(=N\NC(=O)c1ccncc1)c1cccc(CN2CCN(c3c(F)cc4c(=O)c(C(=O)O)cn(C5CC5)c4c3F)CC2)c1O. The number of hydrazone groups is 1. The first-order valence-corrected chi connectivity index (χ1v) is 14.5. The van der Waals surface area contributed by atoms with Gasteiger partial charge in [-0.3, -0.25) is 19.5 Å². The molecule has 1 saturated carbocycles. The van der Waals surface area contributed by atoms with Gasteiger partial charge in [-0.2, -0.15) is 5.10 Å². The Labute approximate surface area is 256 Å². The Kier molecular flexibility index (Phi) is 8.02. The lowest BCUT2D eigenvalue weighted by atomic mass is 10.0. The van der Waals surface area contributed by atoms with Crippen LogP contribution in [0.1, 0.15) is 57.7 Å². The van der Waals surface area contributed by atoms with E-state index in [1.54, 1.807) is 42.2 Å². The lowest BCUT2D eigenvalue weighted by Crippen LogP contribution is -2.46. The maximum Gasteiger partial charge on any atom is 0.341 e. The molecule has 1 amide bonds. The van der Waals surface area contributed by atoms with Crippen molar-refractivity contribution in [3.8, 4) is 5.75 Å². The van der Waals surface area contributed by atoms with Gasteiger partial charge in [-0.05, 0) is 44.0 Å². The average Bonchev–Trinajstić information content (AvgIpc) is 3.88. The van der Waals surface area contributed by atoms with E-state index in [1.165, 1.54) is 17.0 Å². The fourth-order valence-corrected chi connectivity index (χ4v) is 5.66. The van der Waals surface area contributed by atoms with Gasteiger partial charge in [0.1, 0.15) is 22.8 Å². The highest BCUT2D eigenvalue weighted by atomic mass is 19.1. The number of aromatic carboxylic acids is 1. The molecule has 0 spiro atoms. The highest BCUT2D eigenvalue weighted by Gasteiger charge is 2.32. The highest BCUT2D eigenvalue weighted by Crippen LogP contribution is 2.40. The van der Waals surface area contributed by atoms with Crippen LogP contribution in [0.3, 0.4) is 0 Å². The summed E-state index contributed by atoms with van der Waals surface area (Å²) in [5, 5.41) is 24.3. The van der Waals surface area contributed by atoms with E-state index in [0.29, 0.717) is 54.9 Å². The summed E-state index contributed by atoms with van der Waals surface area (Å²) in [6.45, 7) is 3.46. The molecule has 1 aliphatic carbocycles. The Morgan fingerprint density at radius 2 is 1.78 bits per heavy atom. The third-order valence-electron chi connectivity index (χ3n) is 8.21. The van der Waals surface area contributed by atoms with E-state index in [1.807, 2.05) is 4.90 Å². The summed E-state index contributed by atoms with van der Waals surface area (Å²) in [7, 11) is 0. The molecule has 0 radical (unpaired) electrons. The molecule has 45 heavy (non-hydrogen) atoms. The predicted molar refractivity (Wildman–Crippen MR) is 163 cm³/mol. The predicted octanol–water partition coefficient (Wildman–Crippen LogP) is 3.89. The number of fused-ring (bicyclic) bond motifs is 1. The second kappa shape index (κ2) is 12.1. The summed E-state index contributed by atoms with van der Waals surface area (Å²) in [5.41, 5.74) is 2.60. The fourth-order valence-electron chi connectivity index (χ4n) is 5.66. The summed E-state index contributed by atoms with van der Waals surface area (Å²) in [6, 6.07) is 9.17. The van der Waals surface area contributed by atoms with Crippen LogP contribution in [0.15, 0.2) is 64.9 Å². The molecule has 6 rings (SSSR count). The third kappa shape index (κ3) is 5.86. The second-order valence-corrected chi connectivity index (χ2v) is 11.2. The number of aromatic hydroxyl groups is 1. The number of anilines is 1. The molecular weight excluding hydrogens is 586 g/mol. The normalized spacial score (nSPS) is 15.8. The van der Waals surface area contributed by atoms with E-state index in [9.17, 15) is 24.6 Å². The number of benzene rings is 2. The molecule has 4 aromatic rings. The van der Waals surface area contributed by atoms with Crippen LogP contribution in [0, 0.1) is 11.6 Å². The molecule has 0 atom stereocenters. The zero-order chi connectivity index (χ0) is 31.8. The molecule has 0 unspecified atom stereocenters. The van der Waals surface area contributed by atoms with E-state index < -0.39 is 34.5 Å². The lowest BCUT2D eigenvalue weighted by molar-refractivity contribution is 0.0694. The van der Waals surface area contributed by atoms with Gasteiger partial charge in [0.15, 0.2) is 5.82 Å². The zero-order valence-corrected chi connectivity index (χ0v) is 24.3. The number of hydrogen-bond donors (Lipinski definition) is 3. The summed E-state index contributed by atoms with van der Waals surface area (Å²) in [6.07, 6.45) is 5.58. The number of rotatable bonds is 8. The van der Waals surface area contributed by atoms with Gasteiger partial charge >= 0.3 is 5.97 Å². The van der Waals surface area contributed by atoms with Crippen molar-refractivity contribution < 1.29 is 28.6 Å². The van der Waals surface area contributed by atoms with Gasteiger partial charge in [-0.25, -0.2) is 19.0 Å². The molecule has 13 heteroatoms. The molecule has 2 fully saturated rings. The first-order chi connectivity index (χ1) is 21.6. The van der Waals surface area contributed by atoms with Crippen LogP contribution in [0.4, 0.5) is 14.5 Å². The smallest absolute Gasteiger partial charge is 0.341 e. The van der Waals surface area contributed by atoms with Crippen LogP contribution in [-0.2, 0) is 6.54 Å². The molecule has 2 aromatic carbocycles. The van der Waals surface area contributed by atoms with Crippen LogP contribution >= 0.6 is 0 Å². The Morgan fingerprint density at radius 1 is 1.07 bits per heavy atom. The number of carboxylic acids is 1. The molecule has 2 aliphatic rings. The monoisotopic (exact) mass is 616 g/mol. The number of carbonyl (C=O) groups is 2. The number of carboxylic acid groups (broad SMARTS) is 1. The molecule has 11 nitrogen and oxygen atoms in total. The maximum atomic E-state index is 16.0. The minimum atomic E-state index is -1.44. The maximum absolute atomic E-state index is 16.0. The molecule has 2 aromatic heterocycles. The first kappa shape index (κ1) is 29.9. The molecule has 232 valence electrons. The van der Waals surface area contributed by atoms with Crippen LogP contribution < -0.4 is 15.8 Å². The molecule has 3 N–H and O–H groups in total. The number of carbonyl (C=O) groups excluding carboxylic acids is 1. The van der Waals surface area contributed by atoms with E-state index >= 15 is 8.78 Å². The van der Waals surface area contributed by atoms with Crippen LogP contribution in [-0.4, -0.2) is 68.4 Å². The molecule has 1 aliphatic heterocycles. The van der Waals surface area contributed by atoms with Gasteiger partial charge in [0.05, 0.1) is 16.6 Å². The van der Waals surface area contributed by atoms with Crippen LogP contribution in [0.2, 0.25) is 0 Å². The van der Waals surface area contributed by atoms with E-state index in [2.05, 4.69) is 15.5 Å². The number of phenolic OH excluding ortho intramolecular Hbond substituents is 1. The van der Waals surface area contributed by atoms with Crippen molar-refractivity contribution in [2.45, 2.75) is 32.4 Å². The number of nitrogens with zero attached hydrogens (tertiary/aromatic N) is 5. The largest absolute Gasteiger partial charge is 0.507 e. The third-order valence-corrected chi connectivity index (χ3v) is 8.21. The fraction of sp³-hybridized carbons (Fsp3) is 0.281. The number of phenols is 1. The molecule has 0 bridgehead atoms. The van der Waals surface area contributed by atoms with E-state index in [4.69, 9.17) is 0 Å². The number of hydrogen-bond acceptors (Lipinski definition) is 8. The number of amides is 1. The molecule has 3 heterocycles. The van der Waals surface area contributed by atoms with Gasteiger partial charge in [0, 0.05) is 74.0 Å². The zero-order valence-electron chi connectivity index (χ0n) is 24.3. The van der Waals surface area contributed by atoms with Crippen LogP contribution in [0.25, 0.3) is 10.9 Å².